The Bertz CT molecular complexity index is 1090. The lowest BCUT2D eigenvalue weighted by Gasteiger charge is -2.31. The van der Waals surface area contributed by atoms with Crippen molar-refractivity contribution >= 4 is 23.3 Å². The molecular weight excluding hydrogens is 420 g/mol. The lowest BCUT2D eigenvalue weighted by Crippen LogP contribution is -2.52. The second-order valence-corrected chi connectivity index (χ2v) is 8.84. The third-order valence-electron chi connectivity index (χ3n) is 5.45. The van der Waals surface area contributed by atoms with Crippen molar-refractivity contribution in [3.8, 4) is 6.07 Å². The van der Waals surface area contributed by atoms with Crippen LogP contribution in [0.3, 0.4) is 0 Å². The molecule has 2 atom stereocenters. The number of halogens is 1. The molecule has 1 amide bonds. The van der Waals surface area contributed by atoms with Crippen LogP contribution < -0.4 is 10.6 Å². The van der Waals surface area contributed by atoms with Crippen molar-refractivity contribution in [2.24, 2.45) is 0 Å². The van der Waals surface area contributed by atoms with Crippen LogP contribution in [0.15, 0.2) is 72.9 Å². The van der Waals surface area contributed by atoms with Crippen molar-refractivity contribution in [2.75, 3.05) is 5.32 Å². The summed E-state index contributed by atoms with van der Waals surface area (Å²) < 4.78 is 0. The van der Waals surface area contributed by atoms with Gasteiger partial charge in [-0.15, -0.1) is 0 Å². The highest BCUT2D eigenvalue weighted by atomic mass is 35.5. The number of carbonyl (C=O) groups excluding carboxylic acids is 1. The molecule has 0 spiro atoms. The summed E-state index contributed by atoms with van der Waals surface area (Å²) in [4.78, 5) is 17.4. The van der Waals surface area contributed by atoms with E-state index in [4.69, 9.17) is 11.6 Å². The number of rotatable bonds is 8. The van der Waals surface area contributed by atoms with Crippen LogP contribution in [0.1, 0.15) is 43.4 Å². The van der Waals surface area contributed by atoms with Gasteiger partial charge in [-0.1, -0.05) is 41.9 Å². The lowest BCUT2D eigenvalue weighted by molar-refractivity contribution is -0.125. The third kappa shape index (κ3) is 6.09. The number of benzene rings is 2. The van der Waals surface area contributed by atoms with E-state index in [-0.39, 0.29) is 17.9 Å². The first-order valence-corrected chi connectivity index (χ1v) is 10.9. The minimum atomic E-state index is -0.859. The number of aromatic nitrogens is 1. The summed E-state index contributed by atoms with van der Waals surface area (Å²) in [6, 6.07) is 22.8. The quantitative estimate of drug-likeness (QED) is 0.490. The normalized spacial score (nSPS) is 13.0. The minimum absolute atomic E-state index is 0.0286. The molecule has 0 saturated heterocycles. The van der Waals surface area contributed by atoms with E-state index in [0.717, 1.165) is 11.1 Å². The Kier molecular flexibility index (Phi) is 7.50. The molecule has 164 valence electrons. The molecule has 5 nitrogen and oxygen atoms in total. The molecule has 0 unspecified atom stereocenters. The zero-order valence-electron chi connectivity index (χ0n) is 18.5. The van der Waals surface area contributed by atoms with Gasteiger partial charge >= 0.3 is 0 Å². The number of hydrogen-bond acceptors (Lipinski definition) is 4. The van der Waals surface area contributed by atoms with Crippen molar-refractivity contribution in [3.05, 3.63) is 94.6 Å². The second kappa shape index (κ2) is 10.3. The molecule has 0 saturated carbocycles. The van der Waals surface area contributed by atoms with E-state index in [2.05, 4.69) is 21.7 Å². The molecule has 0 aliphatic rings. The molecule has 2 N–H and O–H groups in total. The fourth-order valence-corrected chi connectivity index (χ4v) is 3.72. The molecule has 0 aliphatic heterocycles. The Morgan fingerprint density at radius 2 is 1.88 bits per heavy atom. The molecule has 3 aromatic rings. The van der Waals surface area contributed by atoms with E-state index in [1.54, 1.807) is 12.3 Å². The van der Waals surface area contributed by atoms with Crippen molar-refractivity contribution < 1.29 is 4.79 Å². The monoisotopic (exact) mass is 446 g/mol. The topological polar surface area (TPSA) is 77.8 Å². The van der Waals surface area contributed by atoms with Crippen LogP contribution in [0, 0.1) is 11.3 Å². The highest BCUT2D eigenvalue weighted by Gasteiger charge is 2.31. The summed E-state index contributed by atoms with van der Waals surface area (Å²) in [5.74, 6) is 0.479. The van der Waals surface area contributed by atoms with Crippen LogP contribution in [-0.2, 0) is 11.2 Å². The van der Waals surface area contributed by atoms with Gasteiger partial charge in [-0.25, -0.2) is 4.98 Å². The highest BCUT2D eigenvalue weighted by molar-refractivity contribution is 6.30. The molecule has 6 heteroatoms. The molecule has 1 heterocycles. The minimum Gasteiger partial charge on any atom is -0.356 e. The Morgan fingerprint density at radius 1 is 1.12 bits per heavy atom. The standard InChI is InChI=1S/C26H27ClN4O/c1-18(30-25(32)26(2,3)31-24-9-4-5-14-29-24)23(16-19-10-12-22(27)13-11-19)21-8-6-7-20(15-21)17-28/h4-15,18,23H,16H2,1-3H3,(H,29,31)(H,30,32)/t18-,23+/m0/s1. The number of pyridine rings is 1. The van der Waals surface area contributed by atoms with E-state index in [0.29, 0.717) is 22.8 Å². The zero-order chi connectivity index (χ0) is 23.1. The maximum atomic E-state index is 13.2. The SMILES string of the molecule is C[C@H](NC(=O)C(C)(C)Nc1ccccn1)[C@@H](Cc1ccc(Cl)cc1)c1cccc(C#N)c1. The van der Waals surface area contributed by atoms with Crippen LogP contribution in [0.2, 0.25) is 5.02 Å². The molecule has 1 aromatic heterocycles. The largest absolute Gasteiger partial charge is 0.356 e. The van der Waals surface area contributed by atoms with Gasteiger partial charge in [-0.05, 0) is 74.7 Å². The summed E-state index contributed by atoms with van der Waals surface area (Å²) in [5, 5.41) is 16.4. The third-order valence-corrected chi connectivity index (χ3v) is 5.70. The van der Waals surface area contributed by atoms with Crippen LogP contribution in [-0.4, -0.2) is 22.5 Å². The molecule has 0 radical (unpaired) electrons. The van der Waals surface area contributed by atoms with Crippen LogP contribution in [0.25, 0.3) is 0 Å². The van der Waals surface area contributed by atoms with Crippen molar-refractivity contribution in [2.45, 2.75) is 44.7 Å². The Hall–Kier alpha value is -3.36. The molecule has 0 bridgehead atoms. The van der Waals surface area contributed by atoms with Gasteiger partial charge in [0.15, 0.2) is 0 Å². The van der Waals surface area contributed by atoms with Crippen molar-refractivity contribution in [3.63, 3.8) is 0 Å². The number of carbonyl (C=O) groups is 1. The number of nitriles is 1. The summed E-state index contributed by atoms with van der Waals surface area (Å²) >= 11 is 6.05. The van der Waals surface area contributed by atoms with E-state index < -0.39 is 5.54 Å². The van der Waals surface area contributed by atoms with Gasteiger partial charge in [0.05, 0.1) is 11.6 Å². The molecule has 0 aliphatic carbocycles. The summed E-state index contributed by atoms with van der Waals surface area (Å²) in [6.45, 7) is 5.65. The van der Waals surface area contributed by atoms with E-state index in [1.807, 2.05) is 81.4 Å². The average Bonchev–Trinajstić information content (AvgIpc) is 2.79. The van der Waals surface area contributed by atoms with Crippen LogP contribution in [0.4, 0.5) is 5.82 Å². The number of nitrogens with one attached hydrogen (secondary N) is 2. The number of amides is 1. The van der Waals surface area contributed by atoms with Crippen LogP contribution >= 0.6 is 11.6 Å². The lowest BCUT2D eigenvalue weighted by atomic mass is 9.85. The number of hydrogen-bond donors (Lipinski definition) is 2. The summed E-state index contributed by atoms with van der Waals surface area (Å²) in [5.41, 5.74) is 1.84. The first-order valence-electron chi connectivity index (χ1n) is 10.5. The highest BCUT2D eigenvalue weighted by Crippen LogP contribution is 2.27. The van der Waals surface area contributed by atoms with Crippen molar-refractivity contribution in [1.82, 2.24) is 10.3 Å². The smallest absolute Gasteiger partial charge is 0.245 e. The first-order chi connectivity index (χ1) is 15.3. The van der Waals surface area contributed by atoms with E-state index >= 15 is 0 Å². The zero-order valence-corrected chi connectivity index (χ0v) is 19.2. The van der Waals surface area contributed by atoms with Crippen molar-refractivity contribution in [1.29, 1.82) is 5.26 Å². The fraction of sp³-hybridized carbons (Fsp3) is 0.269. The predicted octanol–water partition coefficient (Wildman–Crippen LogP) is 5.33. The van der Waals surface area contributed by atoms with Gasteiger partial charge in [0.2, 0.25) is 5.91 Å². The number of anilines is 1. The van der Waals surface area contributed by atoms with Gasteiger partial charge in [0.1, 0.15) is 11.4 Å². The van der Waals surface area contributed by atoms with E-state index in [1.165, 1.54) is 0 Å². The van der Waals surface area contributed by atoms with E-state index in [9.17, 15) is 10.1 Å². The maximum Gasteiger partial charge on any atom is 0.245 e. The molecular formula is C26H27ClN4O. The molecule has 3 rings (SSSR count). The number of nitrogens with zero attached hydrogens (tertiary/aromatic N) is 2. The Morgan fingerprint density at radius 3 is 2.53 bits per heavy atom. The van der Waals surface area contributed by atoms with Gasteiger partial charge in [0, 0.05) is 23.2 Å². The van der Waals surface area contributed by atoms with Gasteiger partial charge in [0.25, 0.3) is 0 Å². The molecule has 2 aromatic carbocycles. The fourth-order valence-electron chi connectivity index (χ4n) is 3.60. The maximum absolute atomic E-state index is 13.2. The Labute approximate surface area is 194 Å². The molecule has 0 fully saturated rings. The predicted molar refractivity (Wildman–Crippen MR) is 129 cm³/mol. The summed E-state index contributed by atoms with van der Waals surface area (Å²) in [6.07, 6.45) is 2.38. The van der Waals surface area contributed by atoms with Gasteiger partial charge in [-0.3, -0.25) is 4.79 Å². The average molecular weight is 447 g/mol. The van der Waals surface area contributed by atoms with Gasteiger partial charge in [-0.2, -0.15) is 5.26 Å². The second-order valence-electron chi connectivity index (χ2n) is 8.40. The Balaban J connectivity index is 1.82. The van der Waals surface area contributed by atoms with Gasteiger partial charge < -0.3 is 10.6 Å². The molecule has 32 heavy (non-hydrogen) atoms. The summed E-state index contributed by atoms with van der Waals surface area (Å²) in [7, 11) is 0. The van der Waals surface area contributed by atoms with Crippen LogP contribution in [0.5, 0.6) is 0 Å². The first kappa shape index (κ1) is 23.3.